The molecule has 5 heteroatoms. The van der Waals surface area contributed by atoms with Gasteiger partial charge in [0.1, 0.15) is 11.6 Å². The van der Waals surface area contributed by atoms with Crippen molar-refractivity contribution < 1.29 is 8.78 Å². The third-order valence-electron chi connectivity index (χ3n) is 3.36. The van der Waals surface area contributed by atoms with Crippen LogP contribution in [0.25, 0.3) is 10.4 Å². The van der Waals surface area contributed by atoms with Gasteiger partial charge in [-0.15, -0.1) is 11.3 Å². The van der Waals surface area contributed by atoms with E-state index in [1.165, 1.54) is 17.4 Å². The second kappa shape index (κ2) is 4.96. The van der Waals surface area contributed by atoms with Crippen molar-refractivity contribution in [1.82, 2.24) is 0 Å². The molecule has 0 saturated heterocycles. The van der Waals surface area contributed by atoms with Crippen molar-refractivity contribution in [2.75, 3.05) is 0 Å². The molecule has 1 aromatic carbocycles. The molecule has 3 rings (SSSR count). The highest BCUT2D eigenvalue weighted by atomic mass is 79.9. The summed E-state index contributed by atoms with van der Waals surface area (Å²) in [6.07, 6.45) is 2.32. The first-order valence-corrected chi connectivity index (χ1v) is 7.67. The fraction of sp³-hybridized carbons (Fsp3) is 0.286. The smallest absolute Gasteiger partial charge is 0.138 e. The lowest BCUT2D eigenvalue weighted by Crippen LogP contribution is -2.10. The van der Waals surface area contributed by atoms with Crippen molar-refractivity contribution >= 4 is 27.3 Å². The molecular formula is C14H12BrF2NS. The summed E-state index contributed by atoms with van der Waals surface area (Å²) in [5.41, 5.74) is 6.41. The van der Waals surface area contributed by atoms with E-state index in [4.69, 9.17) is 5.73 Å². The second-order valence-corrected chi connectivity index (χ2v) is 6.78. The first-order chi connectivity index (χ1) is 9.06. The van der Waals surface area contributed by atoms with Gasteiger partial charge in [-0.25, -0.2) is 8.78 Å². The van der Waals surface area contributed by atoms with Crippen LogP contribution in [0.15, 0.2) is 28.7 Å². The monoisotopic (exact) mass is 343 g/mol. The van der Waals surface area contributed by atoms with Gasteiger partial charge >= 0.3 is 0 Å². The summed E-state index contributed by atoms with van der Waals surface area (Å²) >= 11 is 4.42. The highest BCUT2D eigenvalue weighted by Crippen LogP contribution is 2.43. The summed E-state index contributed by atoms with van der Waals surface area (Å²) in [6.45, 7) is 0. The molecule has 0 bridgehead atoms. The Labute approximate surface area is 122 Å². The molecule has 1 saturated carbocycles. The van der Waals surface area contributed by atoms with Crippen molar-refractivity contribution in [1.29, 1.82) is 0 Å². The third-order valence-corrected chi connectivity index (χ3v) is 5.19. The minimum absolute atomic E-state index is 0.0297. The van der Waals surface area contributed by atoms with E-state index in [0.29, 0.717) is 11.5 Å². The molecule has 100 valence electrons. The summed E-state index contributed by atoms with van der Waals surface area (Å²) in [5, 5.41) is 0. The zero-order valence-electron chi connectivity index (χ0n) is 10.00. The van der Waals surface area contributed by atoms with Crippen molar-refractivity contribution in [2.24, 2.45) is 11.7 Å². The molecule has 1 aromatic heterocycles. The Morgan fingerprint density at radius 2 is 1.95 bits per heavy atom. The molecule has 1 heterocycles. The SMILES string of the molecule is NC(c1ccc(-c2cc(F)c(Br)cc2F)s1)C1CC1. The first-order valence-electron chi connectivity index (χ1n) is 6.06. The molecule has 1 unspecified atom stereocenters. The Bertz CT molecular complexity index is 622. The fourth-order valence-corrected chi connectivity index (χ4v) is 3.51. The van der Waals surface area contributed by atoms with Crippen LogP contribution < -0.4 is 5.73 Å². The quantitative estimate of drug-likeness (QED) is 0.790. The minimum atomic E-state index is -0.460. The van der Waals surface area contributed by atoms with Crippen LogP contribution in [0.4, 0.5) is 8.78 Å². The summed E-state index contributed by atoms with van der Waals surface area (Å²) in [7, 11) is 0. The number of nitrogens with two attached hydrogens (primary N) is 1. The summed E-state index contributed by atoms with van der Waals surface area (Å²) < 4.78 is 27.5. The van der Waals surface area contributed by atoms with E-state index in [2.05, 4.69) is 15.9 Å². The van der Waals surface area contributed by atoms with Gasteiger partial charge in [0.15, 0.2) is 0 Å². The lowest BCUT2D eigenvalue weighted by molar-refractivity contribution is 0.597. The van der Waals surface area contributed by atoms with Crippen LogP contribution in [-0.2, 0) is 0 Å². The number of benzene rings is 1. The molecule has 1 fully saturated rings. The molecule has 2 aromatic rings. The Hall–Kier alpha value is -0.780. The Morgan fingerprint density at radius 1 is 1.21 bits per heavy atom. The molecule has 0 aliphatic heterocycles. The van der Waals surface area contributed by atoms with Gasteiger partial charge in [0.05, 0.1) is 4.47 Å². The highest BCUT2D eigenvalue weighted by molar-refractivity contribution is 9.10. The number of thiophene rings is 1. The van der Waals surface area contributed by atoms with Gasteiger partial charge < -0.3 is 5.73 Å². The van der Waals surface area contributed by atoms with Gasteiger partial charge in [-0.05, 0) is 59.0 Å². The van der Waals surface area contributed by atoms with Crippen LogP contribution in [0.5, 0.6) is 0 Å². The molecule has 0 radical (unpaired) electrons. The molecule has 0 amide bonds. The van der Waals surface area contributed by atoms with Gasteiger partial charge in [0.2, 0.25) is 0 Å². The van der Waals surface area contributed by atoms with E-state index < -0.39 is 11.6 Å². The molecule has 2 N–H and O–H groups in total. The fourth-order valence-electron chi connectivity index (χ4n) is 2.08. The van der Waals surface area contributed by atoms with Crippen molar-refractivity contribution in [3.8, 4) is 10.4 Å². The van der Waals surface area contributed by atoms with Crippen LogP contribution in [0.1, 0.15) is 23.8 Å². The number of halogens is 3. The molecule has 0 spiro atoms. The maximum absolute atomic E-state index is 13.9. The van der Waals surface area contributed by atoms with E-state index in [9.17, 15) is 8.78 Å². The zero-order chi connectivity index (χ0) is 13.6. The highest BCUT2D eigenvalue weighted by Gasteiger charge is 2.30. The van der Waals surface area contributed by atoms with Gasteiger partial charge in [0.25, 0.3) is 0 Å². The predicted octanol–water partition coefficient (Wildman–Crippen LogP) is 4.87. The second-order valence-electron chi connectivity index (χ2n) is 4.81. The normalized spacial score (nSPS) is 16.6. The van der Waals surface area contributed by atoms with Gasteiger partial charge in [0, 0.05) is 21.4 Å². The lowest BCUT2D eigenvalue weighted by atomic mass is 10.1. The van der Waals surface area contributed by atoms with Crippen LogP contribution in [0, 0.1) is 17.6 Å². The zero-order valence-corrected chi connectivity index (χ0v) is 12.4. The Kier molecular flexibility index (Phi) is 3.45. The van der Waals surface area contributed by atoms with E-state index in [1.807, 2.05) is 12.1 Å². The average Bonchev–Trinajstić information content (AvgIpc) is 3.11. The average molecular weight is 344 g/mol. The van der Waals surface area contributed by atoms with Gasteiger partial charge in [-0.2, -0.15) is 0 Å². The topological polar surface area (TPSA) is 26.0 Å². The largest absolute Gasteiger partial charge is 0.323 e. The maximum Gasteiger partial charge on any atom is 0.138 e. The third kappa shape index (κ3) is 2.59. The number of hydrogen-bond acceptors (Lipinski definition) is 2. The van der Waals surface area contributed by atoms with Crippen LogP contribution in [-0.4, -0.2) is 0 Å². The first kappa shape index (κ1) is 13.2. The predicted molar refractivity (Wildman–Crippen MR) is 77.0 cm³/mol. The molecule has 1 nitrogen and oxygen atoms in total. The van der Waals surface area contributed by atoms with Crippen molar-refractivity contribution in [2.45, 2.75) is 18.9 Å². The van der Waals surface area contributed by atoms with Crippen molar-refractivity contribution in [3.05, 3.63) is 45.2 Å². The van der Waals surface area contributed by atoms with Crippen LogP contribution in [0.2, 0.25) is 0 Å². The standard InChI is InChI=1S/C14H12BrF2NS/c15-9-6-10(16)8(5-11(9)17)12-3-4-13(19-12)14(18)7-1-2-7/h3-7,14H,1-2,18H2. The number of rotatable bonds is 3. The van der Waals surface area contributed by atoms with Gasteiger partial charge in [-0.1, -0.05) is 0 Å². The summed E-state index contributed by atoms with van der Waals surface area (Å²) in [6, 6.07) is 6.14. The lowest BCUT2D eigenvalue weighted by Gasteiger charge is -2.06. The summed E-state index contributed by atoms with van der Waals surface area (Å²) in [5.74, 6) is -0.336. The molecule has 1 atom stereocenters. The van der Waals surface area contributed by atoms with E-state index in [0.717, 1.165) is 28.7 Å². The van der Waals surface area contributed by atoms with E-state index >= 15 is 0 Å². The van der Waals surface area contributed by atoms with Crippen LogP contribution in [0.3, 0.4) is 0 Å². The van der Waals surface area contributed by atoms with Crippen molar-refractivity contribution in [3.63, 3.8) is 0 Å². The van der Waals surface area contributed by atoms with Gasteiger partial charge in [-0.3, -0.25) is 0 Å². The Morgan fingerprint density at radius 3 is 2.63 bits per heavy atom. The number of hydrogen-bond donors (Lipinski definition) is 1. The molecule has 1 aliphatic rings. The molecular weight excluding hydrogens is 332 g/mol. The van der Waals surface area contributed by atoms with E-state index in [1.54, 1.807) is 0 Å². The Balaban J connectivity index is 1.96. The van der Waals surface area contributed by atoms with E-state index in [-0.39, 0.29) is 10.5 Å². The summed E-state index contributed by atoms with van der Waals surface area (Å²) in [4.78, 5) is 1.76. The minimum Gasteiger partial charge on any atom is -0.323 e. The van der Waals surface area contributed by atoms with Crippen LogP contribution >= 0.6 is 27.3 Å². The maximum atomic E-state index is 13.9. The molecule has 19 heavy (non-hydrogen) atoms. The molecule has 1 aliphatic carbocycles.